The van der Waals surface area contributed by atoms with Crippen LogP contribution >= 0.6 is 0 Å². The van der Waals surface area contributed by atoms with Gasteiger partial charge in [0.1, 0.15) is 17.5 Å². The van der Waals surface area contributed by atoms with Crippen LogP contribution < -0.4 is 16.6 Å². The number of anilines is 2. The molecule has 5 N–H and O–H groups in total. The van der Waals surface area contributed by atoms with Gasteiger partial charge in [0.15, 0.2) is 0 Å². The molecule has 0 amide bonds. The summed E-state index contributed by atoms with van der Waals surface area (Å²) in [6.45, 7) is 2.32. The molecule has 106 valence electrons. The number of hydrogen-bond donors (Lipinski definition) is 4. The van der Waals surface area contributed by atoms with Gasteiger partial charge in [0.25, 0.3) is 0 Å². The summed E-state index contributed by atoms with van der Waals surface area (Å²) in [6.07, 6.45) is 5.12. The summed E-state index contributed by atoms with van der Waals surface area (Å²) in [6, 6.07) is 2.10. The van der Waals surface area contributed by atoms with Crippen LogP contribution in [0.2, 0.25) is 0 Å². The molecule has 0 aromatic carbocycles. The van der Waals surface area contributed by atoms with E-state index in [0.717, 1.165) is 43.7 Å². The van der Waals surface area contributed by atoms with Gasteiger partial charge in [-0.1, -0.05) is 13.3 Å². The molecule has 19 heavy (non-hydrogen) atoms. The molecule has 0 spiro atoms. The molecule has 1 aliphatic carbocycles. The lowest BCUT2D eigenvalue weighted by Crippen LogP contribution is -2.27. The minimum absolute atomic E-state index is 0.229. The van der Waals surface area contributed by atoms with Gasteiger partial charge in [-0.05, 0) is 19.3 Å². The molecular formula is C13H23N5O. The van der Waals surface area contributed by atoms with E-state index in [1.54, 1.807) is 0 Å². The van der Waals surface area contributed by atoms with Crippen molar-refractivity contribution >= 4 is 11.6 Å². The van der Waals surface area contributed by atoms with E-state index in [1.807, 2.05) is 6.07 Å². The molecule has 0 saturated heterocycles. The molecular weight excluding hydrogens is 242 g/mol. The van der Waals surface area contributed by atoms with Crippen molar-refractivity contribution in [1.82, 2.24) is 9.97 Å². The molecule has 0 radical (unpaired) electrons. The van der Waals surface area contributed by atoms with Gasteiger partial charge in [0.05, 0.1) is 0 Å². The van der Waals surface area contributed by atoms with E-state index in [4.69, 9.17) is 5.84 Å². The molecule has 2 unspecified atom stereocenters. The third-order valence-corrected chi connectivity index (χ3v) is 3.62. The van der Waals surface area contributed by atoms with Crippen LogP contribution in [0.5, 0.6) is 0 Å². The number of nitrogen functional groups attached to an aromatic ring is 1. The van der Waals surface area contributed by atoms with E-state index in [0.29, 0.717) is 17.8 Å². The molecule has 1 aromatic heterocycles. The van der Waals surface area contributed by atoms with Gasteiger partial charge in [-0.25, -0.2) is 15.8 Å². The number of aliphatic hydroxyl groups excluding tert-OH is 1. The van der Waals surface area contributed by atoms with Crippen LogP contribution in [0.25, 0.3) is 0 Å². The van der Waals surface area contributed by atoms with E-state index < -0.39 is 0 Å². The van der Waals surface area contributed by atoms with E-state index in [-0.39, 0.29) is 6.61 Å². The Morgan fingerprint density at radius 3 is 2.84 bits per heavy atom. The summed E-state index contributed by atoms with van der Waals surface area (Å²) in [5.74, 6) is 7.96. The van der Waals surface area contributed by atoms with Gasteiger partial charge < -0.3 is 15.8 Å². The predicted octanol–water partition coefficient (Wildman–Crippen LogP) is 1.29. The Morgan fingerprint density at radius 2 is 2.16 bits per heavy atom. The van der Waals surface area contributed by atoms with Gasteiger partial charge in [0.2, 0.25) is 0 Å². The number of aliphatic hydroxyl groups is 1. The van der Waals surface area contributed by atoms with Crippen molar-refractivity contribution < 1.29 is 5.11 Å². The van der Waals surface area contributed by atoms with E-state index in [2.05, 4.69) is 27.6 Å². The quantitative estimate of drug-likeness (QED) is 0.457. The highest BCUT2D eigenvalue weighted by Crippen LogP contribution is 2.28. The van der Waals surface area contributed by atoms with Crippen molar-refractivity contribution in [3.63, 3.8) is 0 Å². The van der Waals surface area contributed by atoms with Crippen molar-refractivity contribution in [3.8, 4) is 0 Å². The molecule has 1 aliphatic rings. The van der Waals surface area contributed by atoms with Crippen molar-refractivity contribution in [1.29, 1.82) is 0 Å². The minimum Gasteiger partial charge on any atom is -0.396 e. The topological polar surface area (TPSA) is 96.1 Å². The minimum atomic E-state index is 0.229. The molecule has 0 bridgehead atoms. The first kappa shape index (κ1) is 14.0. The van der Waals surface area contributed by atoms with Gasteiger partial charge >= 0.3 is 0 Å². The van der Waals surface area contributed by atoms with Crippen LogP contribution in [-0.2, 0) is 6.42 Å². The number of rotatable bonds is 6. The van der Waals surface area contributed by atoms with Gasteiger partial charge in [-0.3, -0.25) is 0 Å². The summed E-state index contributed by atoms with van der Waals surface area (Å²) >= 11 is 0. The van der Waals surface area contributed by atoms with Gasteiger partial charge in [0, 0.05) is 31.1 Å². The summed E-state index contributed by atoms with van der Waals surface area (Å²) in [4.78, 5) is 8.82. The van der Waals surface area contributed by atoms with E-state index in [1.165, 1.54) is 0 Å². The van der Waals surface area contributed by atoms with Crippen molar-refractivity contribution in [2.75, 3.05) is 17.3 Å². The number of nitrogens with zero attached hydrogens (tertiary/aromatic N) is 2. The summed E-state index contributed by atoms with van der Waals surface area (Å²) in [5, 5.41) is 12.8. The van der Waals surface area contributed by atoms with E-state index in [9.17, 15) is 5.11 Å². The Balaban J connectivity index is 2.12. The highest BCUT2D eigenvalue weighted by molar-refractivity contribution is 5.47. The van der Waals surface area contributed by atoms with Crippen molar-refractivity contribution in [2.24, 2.45) is 11.8 Å². The number of hydrogen-bond acceptors (Lipinski definition) is 6. The van der Waals surface area contributed by atoms with Crippen molar-refractivity contribution in [2.45, 2.75) is 45.1 Å². The molecule has 6 nitrogen and oxygen atoms in total. The first-order valence-corrected chi connectivity index (χ1v) is 6.98. The molecule has 6 heteroatoms. The highest BCUT2D eigenvalue weighted by atomic mass is 16.3. The van der Waals surface area contributed by atoms with Crippen LogP contribution in [0.15, 0.2) is 6.07 Å². The second-order valence-corrected chi connectivity index (χ2v) is 5.07. The van der Waals surface area contributed by atoms with Crippen LogP contribution in [0.1, 0.15) is 38.4 Å². The Morgan fingerprint density at radius 1 is 1.37 bits per heavy atom. The number of aryl methyl sites for hydroxylation is 1. The van der Waals surface area contributed by atoms with E-state index >= 15 is 0 Å². The van der Waals surface area contributed by atoms with Crippen LogP contribution in [-0.4, -0.2) is 27.7 Å². The third-order valence-electron chi connectivity index (χ3n) is 3.62. The second-order valence-electron chi connectivity index (χ2n) is 5.07. The molecule has 1 saturated carbocycles. The number of aromatic nitrogens is 2. The van der Waals surface area contributed by atoms with Crippen LogP contribution in [0.3, 0.4) is 0 Å². The lowest BCUT2D eigenvalue weighted by molar-refractivity contribution is 0.222. The van der Waals surface area contributed by atoms with Gasteiger partial charge in [-0.2, -0.15) is 0 Å². The monoisotopic (exact) mass is 265 g/mol. The second kappa shape index (κ2) is 6.68. The normalized spacial score (nSPS) is 22.5. The fraction of sp³-hybridized carbons (Fsp3) is 0.692. The van der Waals surface area contributed by atoms with Gasteiger partial charge in [-0.15, -0.1) is 0 Å². The smallest absolute Gasteiger partial charge is 0.145 e. The molecule has 1 heterocycles. The number of hydrazine groups is 1. The summed E-state index contributed by atoms with van der Waals surface area (Å²) in [7, 11) is 0. The molecule has 0 aliphatic heterocycles. The zero-order valence-electron chi connectivity index (χ0n) is 11.4. The Bertz CT molecular complexity index is 412. The third kappa shape index (κ3) is 3.54. The predicted molar refractivity (Wildman–Crippen MR) is 75.7 cm³/mol. The maximum atomic E-state index is 9.35. The Labute approximate surface area is 113 Å². The molecule has 1 fully saturated rings. The number of nitrogens with two attached hydrogens (primary N) is 1. The zero-order chi connectivity index (χ0) is 13.7. The average molecular weight is 265 g/mol. The lowest BCUT2D eigenvalue weighted by Gasteiger charge is -2.20. The maximum Gasteiger partial charge on any atom is 0.145 e. The molecule has 2 rings (SSSR count). The van der Waals surface area contributed by atoms with Crippen molar-refractivity contribution in [3.05, 3.63) is 11.9 Å². The zero-order valence-corrected chi connectivity index (χ0v) is 11.4. The summed E-state index contributed by atoms with van der Waals surface area (Å²) < 4.78 is 0. The Hall–Kier alpha value is -1.40. The fourth-order valence-corrected chi connectivity index (χ4v) is 2.62. The highest BCUT2D eigenvalue weighted by Gasteiger charge is 2.26. The number of nitrogens with one attached hydrogen (secondary N) is 2. The Kier molecular flexibility index (Phi) is 4.93. The first-order chi connectivity index (χ1) is 9.26. The molecule has 2 atom stereocenters. The average Bonchev–Trinajstić information content (AvgIpc) is 2.86. The first-order valence-electron chi connectivity index (χ1n) is 6.98. The SMILES string of the molecule is CCCc1nc(NN)cc(NC2CCCC2CO)n1. The fourth-order valence-electron chi connectivity index (χ4n) is 2.62. The maximum absolute atomic E-state index is 9.35. The van der Waals surface area contributed by atoms with Crippen LogP contribution in [0.4, 0.5) is 11.6 Å². The lowest BCUT2D eigenvalue weighted by atomic mass is 10.1. The largest absolute Gasteiger partial charge is 0.396 e. The molecule has 1 aromatic rings. The standard InChI is InChI=1S/C13H23N5O/c1-2-4-11-16-12(7-13(17-11)18-14)15-10-6-3-5-9(10)8-19/h7,9-10,19H,2-6,8,14H2,1H3,(H2,15,16,17,18). The summed E-state index contributed by atoms with van der Waals surface area (Å²) in [5.41, 5.74) is 2.58. The van der Waals surface area contributed by atoms with Crippen LogP contribution in [0, 0.1) is 5.92 Å².